The molecule has 0 saturated carbocycles. The maximum atomic E-state index is 12.9. The fourth-order valence-electron chi connectivity index (χ4n) is 3.69. The number of hydrogen-bond acceptors (Lipinski definition) is 6. The summed E-state index contributed by atoms with van der Waals surface area (Å²) < 4.78 is 25.5. The molecule has 0 aromatic heterocycles. The van der Waals surface area contributed by atoms with Crippen molar-refractivity contribution in [1.29, 1.82) is 0 Å². The Bertz CT molecular complexity index is 1390. The van der Waals surface area contributed by atoms with Crippen molar-refractivity contribution in [2.24, 2.45) is 0 Å². The van der Waals surface area contributed by atoms with Gasteiger partial charge in [-0.05, 0) is 42.0 Å². The number of benzene rings is 3. The molecule has 1 aliphatic heterocycles. The van der Waals surface area contributed by atoms with Gasteiger partial charge in [0.25, 0.3) is 11.8 Å². The van der Waals surface area contributed by atoms with Crippen molar-refractivity contribution in [1.82, 2.24) is 5.32 Å². The Morgan fingerprint density at radius 3 is 2.47 bits per heavy atom. The lowest BCUT2D eigenvalue weighted by molar-refractivity contribution is 0.0943. The summed E-state index contributed by atoms with van der Waals surface area (Å²) in [5.74, 6) is -0.705. The van der Waals surface area contributed by atoms with Crippen molar-refractivity contribution >= 4 is 44.6 Å². The summed E-state index contributed by atoms with van der Waals surface area (Å²) in [4.78, 5) is 25.1. The largest absolute Gasteiger partial charge is 0.395 e. The molecule has 0 fully saturated rings. The molecule has 0 aliphatic carbocycles. The maximum Gasteiger partial charge on any atom is 0.257 e. The van der Waals surface area contributed by atoms with E-state index in [1.165, 1.54) is 11.4 Å². The molecule has 1 aliphatic rings. The van der Waals surface area contributed by atoms with Gasteiger partial charge in [-0.25, -0.2) is 8.42 Å². The number of hydrogen-bond donors (Lipinski definition) is 4. The first-order valence-corrected chi connectivity index (χ1v) is 12.3. The van der Waals surface area contributed by atoms with Crippen molar-refractivity contribution in [2.45, 2.75) is 0 Å². The molecule has 4 N–H and O–H groups in total. The van der Waals surface area contributed by atoms with Gasteiger partial charge in [0.15, 0.2) is 0 Å². The van der Waals surface area contributed by atoms with Gasteiger partial charge < -0.3 is 21.1 Å². The van der Waals surface area contributed by atoms with Crippen molar-refractivity contribution in [2.75, 3.05) is 41.4 Å². The van der Waals surface area contributed by atoms with Crippen LogP contribution in [0.2, 0.25) is 0 Å². The third kappa shape index (κ3) is 4.59. The van der Waals surface area contributed by atoms with Crippen LogP contribution < -0.4 is 20.3 Å². The van der Waals surface area contributed by atoms with E-state index in [0.29, 0.717) is 39.4 Å². The van der Waals surface area contributed by atoms with Gasteiger partial charge in [0.1, 0.15) is 0 Å². The van der Waals surface area contributed by atoms with E-state index in [4.69, 9.17) is 5.11 Å². The third-order valence-corrected chi connectivity index (χ3v) is 6.70. The van der Waals surface area contributed by atoms with Crippen LogP contribution in [0, 0.1) is 0 Å². The highest BCUT2D eigenvalue weighted by Crippen LogP contribution is 2.37. The Morgan fingerprint density at radius 1 is 0.971 bits per heavy atom. The summed E-state index contributed by atoms with van der Waals surface area (Å²) in [6.45, 7) is -0.0412. The number of carbonyl (C=O) groups excluding carboxylic acids is 2. The smallest absolute Gasteiger partial charge is 0.257 e. The summed E-state index contributed by atoms with van der Waals surface area (Å²) in [7, 11) is -1.97. The Balaban J connectivity index is 1.73. The molecular formula is C24H24N4O5S. The van der Waals surface area contributed by atoms with Gasteiger partial charge in [-0.15, -0.1) is 0 Å². The number of nitrogens with zero attached hydrogens (tertiary/aromatic N) is 1. The molecule has 0 atom stereocenters. The van der Waals surface area contributed by atoms with Gasteiger partial charge in [0, 0.05) is 24.7 Å². The molecule has 0 radical (unpaired) electrons. The van der Waals surface area contributed by atoms with Gasteiger partial charge in [-0.1, -0.05) is 24.3 Å². The zero-order valence-corrected chi connectivity index (χ0v) is 19.4. The second-order valence-electron chi connectivity index (χ2n) is 7.83. The van der Waals surface area contributed by atoms with E-state index >= 15 is 0 Å². The second-order valence-corrected chi connectivity index (χ2v) is 9.84. The minimum Gasteiger partial charge on any atom is -0.395 e. The molecule has 9 nitrogen and oxygen atoms in total. The fourth-order valence-corrected chi connectivity index (χ4v) is 4.20. The van der Waals surface area contributed by atoms with Crippen molar-refractivity contribution in [3.05, 3.63) is 71.8 Å². The number of anilines is 4. The quantitative estimate of drug-likeness (QED) is 0.430. The van der Waals surface area contributed by atoms with E-state index in [9.17, 15) is 18.0 Å². The summed E-state index contributed by atoms with van der Waals surface area (Å²) in [5, 5.41) is 17.6. The molecule has 0 unspecified atom stereocenters. The topological polar surface area (TPSA) is 128 Å². The molecular weight excluding hydrogens is 456 g/mol. The molecule has 34 heavy (non-hydrogen) atoms. The van der Waals surface area contributed by atoms with Crippen molar-refractivity contribution in [3.8, 4) is 11.1 Å². The fraction of sp³-hybridized carbons (Fsp3) is 0.167. The molecule has 3 aromatic rings. The predicted octanol–water partition coefficient (Wildman–Crippen LogP) is 2.78. The number of carbonyl (C=O) groups is 2. The molecule has 0 bridgehead atoms. The van der Waals surface area contributed by atoms with Crippen LogP contribution in [0.3, 0.4) is 0 Å². The summed E-state index contributed by atoms with van der Waals surface area (Å²) in [5.41, 5.74) is 4.28. The van der Waals surface area contributed by atoms with Crippen molar-refractivity contribution in [3.63, 3.8) is 0 Å². The summed E-state index contributed by atoms with van der Waals surface area (Å²) >= 11 is 0. The van der Waals surface area contributed by atoms with Crippen LogP contribution in [0.15, 0.2) is 60.7 Å². The highest BCUT2D eigenvalue weighted by molar-refractivity contribution is 7.92. The molecule has 4 rings (SSSR count). The number of sulfonamides is 1. The first-order chi connectivity index (χ1) is 16.2. The van der Waals surface area contributed by atoms with Crippen LogP contribution in [-0.4, -0.2) is 51.8 Å². The van der Waals surface area contributed by atoms with Gasteiger partial charge in [-0.3, -0.25) is 13.9 Å². The minimum atomic E-state index is -3.47. The highest BCUT2D eigenvalue weighted by Gasteiger charge is 2.22. The first-order valence-electron chi connectivity index (χ1n) is 10.5. The standard InChI is InChI=1S/C24H24N4O5S/c1-28(34(2,32)33)22-6-4-3-5-17(22)15-7-9-18-20(13-15)26-19-10-8-16(23(30)25-11-12-29)14-21(19)27-24(18)31/h3-10,13-14,26,29H,11-12H2,1-2H3,(H,25,30)(H,27,31). The van der Waals surface area contributed by atoms with Crippen LogP contribution >= 0.6 is 0 Å². The van der Waals surface area contributed by atoms with Gasteiger partial charge in [0.05, 0.1) is 41.2 Å². The number of aliphatic hydroxyl groups is 1. The predicted molar refractivity (Wildman–Crippen MR) is 132 cm³/mol. The monoisotopic (exact) mass is 480 g/mol. The van der Waals surface area contributed by atoms with Crippen LogP contribution in [0.1, 0.15) is 20.7 Å². The second kappa shape index (κ2) is 9.16. The summed E-state index contributed by atoms with van der Waals surface area (Å²) in [6.07, 6.45) is 1.14. The van der Waals surface area contributed by atoms with Crippen LogP contribution in [0.5, 0.6) is 0 Å². The van der Waals surface area contributed by atoms with Gasteiger partial charge >= 0.3 is 0 Å². The van der Waals surface area contributed by atoms with Crippen LogP contribution in [0.25, 0.3) is 11.1 Å². The van der Waals surface area contributed by atoms with Crippen LogP contribution in [-0.2, 0) is 10.0 Å². The average Bonchev–Trinajstić information content (AvgIpc) is 2.96. The lowest BCUT2D eigenvalue weighted by Crippen LogP contribution is -2.26. The SMILES string of the molecule is CN(c1ccccc1-c1ccc2c(c1)Nc1ccc(C(=O)NCCO)cc1NC2=O)S(C)(=O)=O. The molecule has 176 valence electrons. The average molecular weight is 481 g/mol. The number of fused-ring (bicyclic) bond motifs is 2. The first kappa shape index (κ1) is 23.3. The molecule has 10 heteroatoms. The minimum absolute atomic E-state index is 0.130. The van der Waals surface area contributed by atoms with E-state index in [-0.39, 0.29) is 25.0 Å². The number of nitrogens with one attached hydrogen (secondary N) is 3. The summed E-state index contributed by atoms with van der Waals surface area (Å²) in [6, 6.07) is 17.2. The normalized spacial score (nSPS) is 12.5. The van der Waals surface area contributed by atoms with E-state index in [2.05, 4.69) is 16.0 Å². The number of rotatable bonds is 6. The number of aliphatic hydroxyl groups excluding tert-OH is 1. The van der Waals surface area contributed by atoms with E-state index in [1.54, 1.807) is 48.5 Å². The van der Waals surface area contributed by atoms with Gasteiger partial charge in [-0.2, -0.15) is 0 Å². The number of amides is 2. The van der Waals surface area contributed by atoms with E-state index in [0.717, 1.165) is 11.8 Å². The zero-order chi connectivity index (χ0) is 24.5. The van der Waals surface area contributed by atoms with Gasteiger partial charge in [0.2, 0.25) is 10.0 Å². The number of para-hydroxylation sites is 1. The third-order valence-electron chi connectivity index (χ3n) is 5.51. The lowest BCUT2D eigenvalue weighted by Gasteiger charge is -2.21. The Morgan fingerprint density at radius 2 is 1.74 bits per heavy atom. The Hall–Kier alpha value is -3.89. The maximum absolute atomic E-state index is 12.9. The van der Waals surface area contributed by atoms with Crippen molar-refractivity contribution < 1.29 is 23.1 Å². The Kier molecular flexibility index (Phi) is 6.27. The van der Waals surface area contributed by atoms with Crippen LogP contribution in [0.4, 0.5) is 22.7 Å². The molecule has 1 heterocycles. The van der Waals surface area contributed by atoms with E-state index in [1.807, 2.05) is 12.1 Å². The lowest BCUT2D eigenvalue weighted by atomic mass is 10.0. The highest BCUT2D eigenvalue weighted by atomic mass is 32.2. The molecule has 0 saturated heterocycles. The zero-order valence-electron chi connectivity index (χ0n) is 18.6. The molecule has 2 amide bonds. The molecule has 0 spiro atoms. The molecule has 3 aromatic carbocycles. The van der Waals surface area contributed by atoms with E-state index < -0.39 is 10.0 Å². The Labute approximate surface area is 197 Å².